The van der Waals surface area contributed by atoms with Gasteiger partial charge in [0.1, 0.15) is 17.7 Å². The number of likely N-dealkylation sites (tertiary alicyclic amines) is 1. The maximum absolute atomic E-state index is 14.8. The maximum Gasteiger partial charge on any atom is 0.313 e. The van der Waals surface area contributed by atoms with E-state index in [-0.39, 0.29) is 48.2 Å². The van der Waals surface area contributed by atoms with E-state index in [1.807, 2.05) is 42.2 Å². The lowest BCUT2D eigenvalue weighted by molar-refractivity contribution is -0.161. The minimum atomic E-state index is -1.27. The zero-order valence-corrected chi connectivity index (χ0v) is 28.8. The van der Waals surface area contributed by atoms with Crippen molar-refractivity contribution in [2.24, 2.45) is 11.8 Å². The van der Waals surface area contributed by atoms with Crippen molar-refractivity contribution in [1.82, 2.24) is 15.1 Å². The first kappa shape index (κ1) is 35.3. The molecule has 1 aromatic rings. The highest BCUT2D eigenvalue weighted by molar-refractivity contribution is 9.09. The molecule has 47 heavy (non-hydrogen) atoms. The molecule has 11 heteroatoms. The number of halogens is 1. The van der Waals surface area contributed by atoms with E-state index in [4.69, 9.17) is 9.47 Å². The van der Waals surface area contributed by atoms with Crippen LogP contribution in [-0.4, -0.2) is 93.0 Å². The lowest BCUT2D eigenvalue weighted by Crippen LogP contribution is -2.60. The van der Waals surface area contributed by atoms with E-state index >= 15 is 0 Å². The van der Waals surface area contributed by atoms with Crippen molar-refractivity contribution in [2.45, 2.75) is 105 Å². The molecule has 1 aromatic carbocycles. The number of ether oxygens (including phenoxy) is 2. The molecule has 1 spiro atoms. The normalized spacial score (nSPS) is 29.6. The Hall–Kier alpha value is -3.02. The number of nitrogens with one attached hydrogen (secondary N) is 1. The first-order valence-corrected chi connectivity index (χ1v) is 17.9. The monoisotopic (exact) mass is 713 g/mol. The van der Waals surface area contributed by atoms with Crippen LogP contribution >= 0.6 is 15.9 Å². The first-order valence-electron chi connectivity index (χ1n) is 17.0. The van der Waals surface area contributed by atoms with Crippen LogP contribution in [0.1, 0.15) is 76.4 Å². The fourth-order valence-corrected chi connectivity index (χ4v) is 9.12. The predicted octanol–water partition coefficient (Wildman–Crippen LogP) is 4.22. The average molecular weight is 715 g/mol. The van der Waals surface area contributed by atoms with Crippen molar-refractivity contribution in [2.75, 3.05) is 19.7 Å². The van der Waals surface area contributed by atoms with Crippen LogP contribution in [0.25, 0.3) is 0 Å². The van der Waals surface area contributed by atoms with Gasteiger partial charge < -0.3 is 29.7 Å². The van der Waals surface area contributed by atoms with Gasteiger partial charge in [-0.3, -0.25) is 19.2 Å². The van der Waals surface area contributed by atoms with Crippen LogP contribution in [0.15, 0.2) is 55.6 Å². The zero-order chi connectivity index (χ0) is 33.7. The topological polar surface area (TPSA) is 125 Å². The summed E-state index contributed by atoms with van der Waals surface area (Å²) in [7, 11) is 0. The molecule has 3 heterocycles. The molecule has 2 N–H and O–H groups in total. The molecule has 3 saturated heterocycles. The van der Waals surface area contributed by atoms with E-state index in [9.17, 15) is 24.3 Å². The maximum atomic E-state index is 14.8. The fraction of sp³-hybridized carbons (Fsp3) is 0.611. The summed E-state index contributed by atoms with van der Waals surface area (Å²) in [6.07, 6.45) is 8.38. The van der Waals surface area contributed by atoms with Crippen molar-refractivity contribution in [1.29, 1.82) is 0 Å². The second-order valence-electron chi connectivity index (χ2n) is 13.2. The highest BCUT2D eigenvalue weighted by atomic mass is 79.9. The number of aliphatic hydroxyl groups excluding tert-OH is 1. The molecule has 3 aliphatic heterocycles. The van der Waals surface area contributed by atoms with Crippen LogP contribution in [0.5, 0.6) is 0 Å². The molecule has 0 radical (unpaired) electrons. The van der Waals surface area contributed by atoms with Crippen molar-refractivity contribution in [3.8, 4) is 0 Å². The molecule has 256 valence electrons. The van der Waals surface area contributed by atoms with Gasteiger partial charge in [-0.05, 0) is 37.7 Å². The summed E-state index contributed by atoms with van der Waals surface area (Å²) in [4.78, 5) is 59.1. The number of hydrogen-bond donors (Lipinski definition) is 2. The molecule has 5 rings (SSSR count). The number of amides is 3. The average Bonchev–Trinajstić information content (AvgIpc) is 3.69. The van der Waals surface area contributed by atoms with Crippen LogP contribution in [0, 0.1) is 11.8 Å². The van der Waals surface area contributed by atoms with E-state index < -0.39 is 47.7 Å². The summed E-state index contributed by atoms with van der Waals surface area (Å²) in [6, 6.07) is 7.55. The molecule has 4 aliphatic rings. The van der Waals surface area contributed by atoms with Gasteiger partial charge in [0, 0.05) is 23.8 Å². The van der Waals surface area contributed by atoms with Crippen LogP contribution in [0.2, 0.25) is 0 Å². The summed E-state index contributed by atoms with van der Waals surface area (Å²) in [5.41, 5.74) is -0.570. The Labute approximate surface area is 286 Å². The van der Waals surface area contributed by atoms with Crippen molar-refractivity contribution in [3.63, 3.8) is 0 Å². The molecular formula is C36H48BrN3O7. The largest absolute Gasteiger partial charge is 0.455 e. The molecule has 1 saturated carbocycles. The molecule has 2 bridgehead atoms. The quantitative estimate of drug-likeness (QED) is 0.158. The number of rotatable bonds is 15. The van der Waals surface area contributed by atoms with Crippen LogP contribution < -0.4 is 5.32 Å². The van der Waals surface area contributed by atoms with Crippen molar-refractivity contribution < 1.29 is 33.8 Å². The Morgan fingerprint density at radius 2 is 1.91 bits per heavy atom. The summed E-state index contributed by atoms with van der Waals surface area (Å²) in [6.45, 7) is 9.52. The minimum absolute atomic E-state index is 0.0170. The Morgan fingerprint density at radius 1 is 1.19 bits per heavy atom. The fourth-order valence-electron chi connectivity index (χ4n) is 8.17. The van der Waals surface area contributed by atoms with Gasteiger partial charge in [-0.1, -0.05) is 84.6 Å². The van der Waals surface area contributed by atoms with Gasteiger partial charge in [0.15, 0.2) is 0 Å². The third-order valence-electron chi connectivity index (χ3n) is 10.4. The number of alkyl halides is 1. The van der Waals surface area contributed by atoms with Crippen LogP contribution in [0.4, 0.5) is 0 Å². The van der Waals surface area contributed by atoms with Crippen molar-refractivity contribution in [3.05, 3.63) is 61.2 Å². The van der Waals surface area contributed by atoms with E-state index in [1.54, 1.807) is 12.2 Å². The second-order valence-corrected chi connectivity index (χ2v) is 14.4. The summed E-state index contributed by atoms with van der Waals surface area (Å²) in [5, 5.41) is 13.3. The number of esters is 1. The standard InChI is InChI=1S/C36H48BrN3O7/c1-4-7-18-28(42)38-21-27(23-14-10-8-11-15-23)46-35(45)29-30-33(43)40(24(6-3)22-41)32(36(30)20-26(37)31(29)47-36)34(44)39(19-5-2)25-16-12-9-13-17-25/h4-5,8,10-11,14-15,24-27,29-32,41H,1-2,6-7,9,12-13,16-22H2,3H3,(H,38,42)/t24-,26?,27+,29+,30-,31+,32+,36-/m0/s1. The van der Waals surface area contributed by atoms with Gasteiger partial charge in [0.25, 0.3) is 0 Å². The molecule has 3 amide bonds. The van der Waals surface area contributed by atoms with Gasteiger partial charge in [-0.15, -0.1) is 13.2 Å². The number of nitrogens with zero attached hydrogens (tertiary/aromatic N) is 2. The van der Waals surface area contributed by atoms with Gasteiger partial charge in [0.05, 0.1) is 37.1 Å². The third kappa shape index (κ3) is 6.81. The molecule has 10 nitrogen and oxygen atoms in total. The molecule has 8 atom stereocenters. The molecular weight excluding hydrogens is 666 g/mol. The molecule has 1 unspecified atom stereocenters. The Balaban J connectivity index is 1.48. The number of benzene rings is 1. The number of fused-ring (bicyclic) bond motifs is 1. The van der Waals surface area contributed by atoms with E-state index in [0.29, 0.717) is 31.4 Å². The summed E-state index contributed by atoms with van der Waals surface area (Å²) in [5.74, 6) is -3.35. The number of hydrogen-bond acceptors (Lipinski definition) is 7. The van der Waals surface area contributed by atoms with Crippen LogP contribution in [0.3, 0.4) is 0 Å². The van der Waals surface area contributed by atoms with E-state index in [2.05, 4.69) is 34.4 Å². The number of carbonyl (C=O) groups excluding carboxylic acids is 4. The number of carbonyl (C=O) groups is 4. The minimum Gasteiger partial charge on any atom is -0.455 e. The lowest BCUT2D eigenvalue weighted by Gasteiger charge is -2.42. The Bertz CT molecular complexity index is 1320. The zero-order valence-electron chi connectivity index (χ0n) is 27.2. The van der Waals surface area contributed by atoms with Gasteiger partial charge in [0.2, 0.25) is 17.7 Å². The summed E-state index contributed by atoms with van der Waals surface area (Å²) < 4.78 is 12.9. The third-order valence-corrected chi connectivity index (χ3v) is 11.3. The molecule has 4 fully saturated rings. The smallest absolute Gasteiger partial charge is 0.313 e. The van der Waals surface area contributed by atoms with Crippen molar-refractivity contribution >= 4 is 39.6 Å². The van der Waals surface area contributed by atoms with E-state index in [1.165, 1.54) is 4.90 Å². The molecule has 0 aromatic heterocycles. The Morgan fingerprint density at radius 3 is 2.55 bits per heavy atom. The highest BCUT2D eigenvalue weighted by Crippen LogP contribution is 2.61. The van der Waals surface area contributed by atoms with Gasteiger partial charge >= 0.3 is 5.97 Å². The van der Waals surface area contributed by atoms with Crippen LogP contribution in [-0.2, 0) is 28.7 Å². The SMILES string of the molecule is C=CCCC(=O)NC[C@@H](OC(=O)[C@H]1[C@@H]2O[C@@]3(CC2Br)[C@@H]1C(=O)N([C@@H](CC)CO)[C@@H]3C(=O)N(CC=C)C1CCCCC1)c1ccccc1. The lowest BCUT2D eigenvalue weighted by atomic mass is 9.70. The van der Waals surface area contributed by atoms with E-state index in [0.717, 1.165) is 32.1 Å². The first-order chi connectivity index (χ1) is 22.7. The predicted molar refractivity (Wildman–Crippen MR) is 180 cm³/mol. The molecule has 1 aliphatic carbocycles. The summed E-state index contributed by atoms with van der Waals surface area (Å²) >= 11 is 3.73. The highest BCUT2D eigenvalue weighted by Gasteiger charge is 2.77. The number of aliphatic hydroxyl groups is 1. The second kappa shape index (κ2) is 15.5. The van der Waals surface area contributed by atoms with Gasteiger partial charge in [-0.25, -0.2) is 0 Å². The van der Waals surface area contributed by atoms with Gasteiger partial charge in [-0.2, -0.15) is 0 Å². The number of allylic oxidation sites excluding steroid dienone is 1. The Kier molecular flexibility index (Phi) is 11.6.